The lowest BCUT2D eigenvalue weighted by atomic mass is 10.1. The highest BCUT2D eigenvalue weighted by Gasteiger charge is 2.26. The van der Waals surface area contributed by atoms with E-state index in [9.17, 15) is 4.79 Å². The summed E-state index contributed by atoms with van der Waals surface area (Å²) >= 11 is 7.59. The average molecular weight is 538 g/mol. The summed E-state index contributed by atoms with van der Waals surface area (Å²) in [5, 5.41) is 2.21. The van der Waals surface area contributed by atoms with Crippen LogP contribution in [0.4, 0.5) is 5.69 Å². The summed E-state index contributed by atoms with van der Waals surface area (Å²) < 4.78 is 7.46. The maximum atomic E-state index is 13.2. The number of ether oxygens (including phenoxy) is 1. The Hall–Kier alpha value is -4.13. The number of carbonyl (C=O) groups excluding carboxylic acids is 1. The maximum absolute atomic E-state index is 13.2. The molecular formula is C31H24ClN3O2S. The molecule has 0 atom stereocenters. The monoisotopic (exact) mass is 537 g/mol. The number of carbonyl (C=O) groups is 1. The van der Waals surface area contributed by atoms with Crippen LogP contribution in [0.25, 0.3) is 16.9 Å². The summed E-state index contributed by atoms with van der Waals surface area (Å²) in [6.45, 7) is 2.07. The molecular weight excluding hydrogens is 514 g/mol. The fourth-order valence-electron chi connectivity index (χ4n) is 3.94. The van der Waals surface area contributed by atoms with Crippen LogP contribution in [0.5, 0.6) is 0 Å². The van der Waals surface area contributed by atoms with Gasteiger partial charge < -0.3 is 9.30 Å². The normalized spacial score (nSPS) is 11.4. The van der Waals surface area contributed by atoms with Crippen LogP contribution in [0.1, 0.15) is 22.8 Å². The van der Waals surface area contributed by atoms with E-state index in [1.165, 1.54) is 11.8 Å². The molecule has 5 rings (SSSR count). The van der Waals surface area contributed by atoms with E-state index in [0.29, 0.717) is 21.8 Å². The quantitative estimate of drug-likeness (QED) is 0.0907. The topological polar surface area (TPSA) is 56.5 Å². The van der Waals surface area contributed by atoms with Gasteiger partial charge in [0.1, 0.15) is 5.04 Å². The fraction of sp³-hybridized carbons (Fsp3) is 0.0645. The second-order valence-electron chi connectivity index (χ2n) is 8.23. The molecule has 2 aromatic heterocycles. The first-order valence-electron chi connectivity index (χ1n) is 12.1. The molecule has 0 unspecified atom stereocenters. The molecule has 0 saturated heterocycles. The van der Waals surface area contributed by atoms with E-state index in [2.05, 4.69) is 4.98 Å². The summed E-state index contributed by atoms with van der Waals surface area (Å²) in [6.07, 6.45) is 3.54. The minimum Gasteiger partial charge on any atom is -0.462 e. The van der Waals surface area contributed by atoms with Gasteiger partial charge in [-0.15, -0.1) is 0 Å². The first-order chi connectivity index (χ1) is 18.6. The summed E-state index contributed by atoms with van der Waals surface area (Å²) in [7, 11) is 0. The van der Waals surface area contributed by atoms with Crippen LogP contribution in [0.2, 0.25) is 5.02 Å². The van der Waals surface area contributed by atoms with E-state index in [-0.39, 0.29) is 6.61 Å². The van der Waals surface area contributed by atoms with Crippen molar-refractivity contribution < 1.29 is 9.53 Å². The third-order valence-electron chi connectivity index (χ3n) is 5.68. The van der Waals surface area contributed by atoms with Gasteiger partial charge in [0.25, 0.3) is 0 Å². The minimum atomic E-state index is -0.402. The number of aromatic nitrogens is 2. The van der Waals surface area contributed by atoms with Gasteiger partial charge in [-0.25, -0.2) is 9.79 Å². The van der Waals surface area contributed by atoms with E-state index < -0.39 is 5.97 Å². The van der Waals surface area contributed by atoms with Gasteiger partial charge in [-0.1, -0.05) is 78.0 Å². The van der Waals surface area contributed by atoms with Crippen molar-refractivity contribution in [1.29, 1.82) is 0 Å². The summed E-state index contributed by atoms with van der Waals surface area (Å²) in [5.41, 5.74) is 4.42. The van der Waals surface area contributed by atoms with Gasteiger partial charge in [-0.3, -0.25) is 4.98 Å². The smallest absolute Gasteiger partial charge is 0.340 e. The number of aliphatic imine (C=N–C) groups is 1. The molecule has 188 valence electrons. The van der Waals surface area contributed by atoms with Gasteiger partial charge in [0, 0.05) is 34.2 Å². The van der Waals surface area contributed by atoms with Crippen LogP contribution < -0.4 is 0 Å². The molecule has 0 amide bonds. The maximum Gasteiger partial charge on any atom is 0.340 e. The standard InChI is InChI=1S/C31H24ClN3O2S/c1-2-37-31(36)26-21-35(25-13-7-4-8-14-25)30(28(26)27-15-9-10-20-33-27)38-29(22-11-5-3-6-12-22)34-24-18-16-23(32)17-19-24/h3-21H,2H2,1H3. The molecule has 0 aliphatic carbocycles. The number of para-hydroxylation sites is 1. The first-order valence-corrected chi connectivity index (χ1v) is 13.3. The van der Waals surface area contributed by atoms with Crippen molar-refractivity contribution in [2.45, 2.75) is 11.9 Å². The number of halogens is 1. The highest BCUT2D eigenvalue weighted by atomic mass is 35.5. The molecule has 0 fully saturated rings. The predicted octanol–water partition coefficient (Wildman–Crippen LogP) is 8.24. The van der Waals surface area contributed by atoms with Crippen molar-refractivity contribution in [3.05, 3.63) is 132 Å². The second kappa shape index (κ2) is 11.9. The lowest BCUT2D eigenvalue weighted by Gasteiger charge is -2.13. The lowest BCUT2D eigenvalue weighted by molar-refractivity contribution is 0.0527. The zero-order valence-corrected chi connectivity index (χ0v) is 22.2. The summed E-state index contributed by atoms with van der Waals surface area (Å²) in [6, 6.07) is 32.9. The largest absolute Gasteiger partial charge is 0.462 e. The predicted molar refractivity (Wildman–Crippen MR) is 155 cm³/mol. The Morgan fingerprint density at radius 3 is 2.26 bits per heavy atom. The molecule has 0 radical (unpaired) electrons. The molecule has 0 saturated carbocycles. The van der Waals surface area contributed by atoms with Gasteiger partial charge in [0.2, 0.25) is 0 Å². The van der Waals surface area contributed by atoms with Crippen molar-refractivity contribution in [3.8, 4) is 16.9 Å². The number of benzene rings is 3. The van der Waals surface area contributed by atoms with Crippen molar-refractivity contribution >= 4 is 40.1 Å². The van der Waals surface area contributed by atoms with Crippen molar-refractivity contribution in [3.63, 3.8) is 0 Å². The SMILES string of the molecule is CCOC(=O)c1cn(-c2ccccc2)c(SC(=Nc2ccc(Cl)cc2)c2ccccc2)c1-c1ccccn1. The van der Waals surface area contributed by atoms with Crippen molar-refractivity contribution in [1.82, 2.24) is 9.55 Å². The number of esters is 1. The molecule has 0 bridgehead atoms. The van der Waals surface area contributed by atoms with E-state index in [1.54, 1.807) is 13.1 Å². The molecule has 2 heterocycles. The Bertz CT molecular complexity index is 1550. The highest BCUT2D eigenvalue weighted by Crippen LogP contribution is 2.40. The van der Waals surface area contributed by atoms with Crippen LogP contribution >= 0.6 is 23.4 Å². The lowest BCUT2D eigenvalue weighted by Crippen LogP contribution is -2.05. The average Bonchev–Trinajstić information content (AvgIpc) is 3.34. The zero-order chi connectivity index (χ0) is 26.3. The summed E-state index contributed by atoms with van der Waals surface area (Å²) in [5.74, 6) is -0.402. The third-order valence-corrected chi connectivity index (χ3v) is 7.05. The van der Waals surface area contributed by atoms with Gasteiger partial charge in [0.05, 0.1) is 28.6 Å². The van der Waals surface area contributed by atoms with E-state index >= 15 is 0 Å². The number of thioether (sulfide) groups is 1. The Morgan fingerprint density at radius 1 is 0.921 bits per heavy atom. The molecule has 0 aliphatic heterocycles. The van der Waals surface area contributed by atoms with Gasteiger partial charge in [-0.05, 0) is 55.5 Å². The molecule has 0 aliphatic rings. The second-order valence-corrected chi connectivity index (χ2v) is 9.64. The van der Waals surface area contributed by atoms with Crippen LogP contribution in [0, 0.1) is 0 Å². The highest BCUT2D eigenvalue weighted by molar-refractivity contribution is 8.14. The molecule has 7 heteroatoms. The Morgan fingerprint density at radius 2 is 1.61 bits per heavy atom. The van der Waals surface area contributed by atoms with Gasteiger partial charge >= 0.3 is 5.97 Å². The molecule has 38 heavy (non-hydrogen) atoms. The van der Waals surface area contributed by atoms with Crippen LogP contribution in [-0.2, 0) is 4.74 Å². The van der Waals surface area contributed by atoms with E-state index in [4.69, 9.17) is 21.3 Å². The molecule has 0 spiro atoms. The summed E-state index contributed by atoms with van der Waals surface area (Å²) in [4.78, 5) is 22.8. The number of hydrogen-bond acceptors (Lipinski definition) is 5. The Balaban J connectivity index is 1.75. The number of pyridine rings is 1. The first kappa shape index (κ1) is 25.5. The molecule has 5 aromatic rings. The molecule has 0 N–H and O–H groups in total. The Kier molecular flexibility index (Phi) is 8.02. The van der Waals surface area contributed by atoms with Gasteiger partial charge in [0.15, 0.2) is 0 Å². The molecule has 5 nitrogen and oxygen atoms in total. The van der Waals surface area contributed by atoms with E-state index in [1.807, 2.05) is 114 Å². The zero-order valence-electron chi connectivity index (χ0n) is 20.6. The van der Waals surface area contributed by atoms with Gasteiger partial charge in [-0.2, -0.15) is 0 Å². The van der Waals surface area contributed by atoms with Crippen molar-refractivity contribution in [2.75, 3.05) is 6.61 Å². The third kappa shape index (κ3) is 5.72. The van der Waals surface area contributed by atoms with E-state index in [0.717, 1.165) is 27.0 Å². The van der Waals surface area contributed by atoms with Crippen LogP contribution in [0.15, 0.2) is 126 Å². The van der Waals surface area contributed by atoms with Crippen LogP contribution in [-0.4, -0.2) is 27.2 Å². The molecule has 3 aromatic carbocycles. The number of nitrogens with zero attached hydrogens (tertiary/aromatic N) is 3. The van der Waals surface area contributed by atoms with Crippen molar-refractivity contribution in [2.24, 2.45) is 4.99 Å². The van der Waals surface area contributed by atoms with Crippen LogP contribution in [0.3, 0.4) is 0 Å². The fourth-order valence-corrected chi connectivity index (χ4v) is 5.23. The Labute approximate surface area is 230 Å². The minimum absolute atomic E-state index is 0.271. The number of rotatable bonds is 7. The number of hydrogen-bond donors (Lipinski definition) is 0.